The van der Waals surface area contributed by atoms with E-state index in [1.54, 1.807) is 11.0 Å². The van der Waals surface area contributed by atoms with Gasteiger partial charge in [-0.2, -0.15) is 0 Å². The van der Waals surface area contributed by atoms with Gasteiger partial charge in [0.15, 0.2) is 0 Å². The van der Waals surface area contributed by atoms with Crippen LogP contribution in [-0.4, -0.2) is 31.1 Å². The number of tetrazole rings is 1. The van der Waals surface area contributed by atoms with Gasteiger partial charge in [0.05, 0.1) is 0 Å². The Hall–Kier alpha value is -2.70. The summed E-state index contributed by atoms with van der Waals surface area (Å²) < 4.78 is 1.64. The molecule has 0 atom stereocenters. The lowest BCUT2D eigenvalue weighted by atomic mass is 10.0. The van der Waals surface area contributed by atoms with E-state index in [4.69, 9.17) is 0 Å². The average Bonchev–Trinajstić information content (AvgIpc) is 3.22. The van der Waals surface area contributed by atoms with Crippen molar-refractivity contribution in [1.82, 2.24) is 30.5 Å². The molecule has 1 aromatic carbocycles. The van der Waals surface area contributed by atoms with Crippen molar-refractivity contribution in [1.29, 1.82) is 0 Å². The standard InChI is InChI=1S/C19H24N6O/c26-19(7-4-10-25-13-21-23-24-25)20-12-14-8-9-18-16(11-14)15-5-2-1-3-6-17(15)22-18/h8-9,11,13,22H,1-7,10,12H2,(H,20,26). The van der Waals surface area contributed by atoms with E-state index < -0.39 is 0 Å². The summed E-state index contributed by atoms with van der Waals surface area (Å²) in [5.41, 5.74) is 5.25. The number of amides is 1. The van der Waals surface area contributed by atoms with Crippen molar-refractivity contribution >= 4 is 16.8 Å². The van der Waals surface area contributed by atoms with Gasteiger partial charge in [0.1, 0.15) is 6.33 Å². The van der Waals surface area contributed by atoms with E-state index in [2.05, 4.69) is 44.0 Å². The number of aromatic nitrogens is 5. The molecule has 2 N–H and O–H groups in total. The maximum absolute atomic E-state index is 12.1. The van der Waals surface area contributed by atoms with Gasteiger partial charge in [-0.15, -0.1) is 5.10 Å². The molecule has 1 aliphatic rings. The molecular formula is C19H24N6O. The Kier molecular flexibility index (Phi) is 4.95. The fraction of sp³-hybridized carbons (Fsp3) is 0.474. The predicted molar refractivity (Wildman–Crippen MR) is 98.5 cm³/mol. The molecule has 2 heterocycles. The first-order chi connectivity index (χ1) is 12.8. The van der Waals surface area contributed by atoms with Crippen molar-refractivity contribution in [3.05, 3.63) is 41.3 Å². The SMILES string of the molecule is O=C(CCCn1cnnn1)NCc1ccc2[nH]c3c(c2c1)CCCCC3. The zero-order valence-electron chi connectivity index (χ0n) is 14.9. The van der Waals surface area contributed by atoms with Crippen LogP contribution in [0, 0.1) is 0 Å². The lowest BCUT2D eigenvalue weighted by Gasteiger charge is -2.06. The number of nitrogens with zero attached hydrogens (tertiary/aromatic N) is 4. The molecule has 2 aromatic heterocycles. The van der Waals surface area contributed by atoms with Gasteiger partial charge >= 0.3 is 0 Å². The number of hydrogen-bond acceptors (Lipinski definition) is 4. The highest BCUT2D eigenvalue weighted by Gasteiger charge is 2.14. The molecule has 136 valence electrons. The zero-order chi connectivity index (χ0) is 17.8. The van der Waals surface area contributed by atoms with Gasteiger partial charge in [-0.3, -0.25) is 4.79 Å². The number of carbonyl (C=O) groups excluding carboxylic acids is 1. The number of aryl methyl sites for hydroxylation is 3. The van der Waals surface area contributed by atoms with Gasteiger partial charge in [-0.05, 0) is 65.8 Å². The number of H-pyrrole nitrogens is 1. The lowest BCUT2D eigenvalue weighted by Crippen LogP contribution is -2.22. The minimum Gasteiger partial charge on any atom is -0.358 e. The van der Waals surface area contributed by atoms with Gasteiger partial charge in [-0.1, -0.05) is 12.5 Å². The van der Waals surface area contributed by atoms with E-state index in [0.717, 1.165) is 24.8 Å². The van der Waals surface area contributed by atoms with Crippen LogP contribution in [0.1, 0.15) is 48.9 Å². The molecule has 1 amide bonds. The minimum atomic E-state index is 0.0612. The van der Waals surface area contributed by atoms with Crippen molar-refractivity contribution < 1.29 is 4.79 Å². The van der Waals surface area contributed by atoms with Crippen LogP contribution < -0.4 is 5.32 Å². The number of hydrogen-bond donors (Lipinski definition) is 2. The Balaban J connectivity index is 1.35. The minimum absolute atomic E-state index is 0.0612. The highest BCUT2D eigenvalue weighted by atomic mass is 16.1. The molecule has 0 radical (unpaired) electrons. The molecule has 0 bridgehead atoms. The van der Waals surface area contributed by atoms with Crippen molar-refractivity contribution in [3.63, 3.8) is 0 Å². The third kappa shape index (κ3) is 3.76. The summed E-state index contributed by atoms with van der Waals surface area (Å²) in [7, 11) is 0. The molecule has 7 nitrogen and oxygen atoms in total. The second-order valence-electron chi connectivity index (χ2n) is 6.98. The van der Waals surface area contributed by atoms with Gasteiger partial charge in [0.2, 0.25) is 5.91 Å². The fourth-order valence-corrected chi connectivity index (χ4v) is 3.71. The number of aromatic amines is 1. The quantitative estimate of drug-likeness (QED) is 0.667. The topological polar surface area (TPSA) is 88.5 Å². The van der Waals surface area contributed by atoms with Crippen molar-refractivity contribution in [3.8, 4) is 0 Å². The molecule has 26 heavy (non-hydrogen) atoms. The highest BCUT2D eigenvalue weighted by Crippen LogP contribution is 2.29. The summed E-state index contributed by atoms with van der Waals surface area (Å²) in [5.74, 6) is 0.0612. The number of nitrogens with one attached hydrogen (secondary N) is 2. The zero-order valence-corrected chi connectivity index (χ0v) is 14.9. The molecule has 0 unspecified atom stereocenters. The van der Waals surface area contributed by atoms with Crippen molar-refractivity contribution in [2.24, 2.45) is 0 Å². The van der Waals surface area contributed by atoms with Crippen molar-refractivity contribution in [2.75, 3.05) is 0 Å². The third-order valence-electron chi connectivity index (χ3n) is 5.08. The normalized spacial score (nSPS) is 14.2. The second-order valence-corrected chi connectivity index (χ2v) is 6.98. The Morgan fingerprint density at radius 1 is 1.23 bits per heavy atom. The van der Waals surface area contributed by atoms with Crippen LogP contribution in [0.5, 0.6) is 0 Å². The van der Waals surface area contributed by atoms with Crippen LogP contribution >= 0.6 is 0 Å². The lowest BCUT2D eigenvalue weighted by molar-refractivity contribution is -0.121. The van der Waals surface area contributed by atoms with Gasteiger partial charge < -0.3 is 10.3 Å². The smallest absolute Gasteiger partial charge is 0.220 e. The monoisotopic (exact) mass is 352 g/mol. The van der Waals surface area contributed by atoms with Gasteiger partial charge in [0, 0.05) is 36.1 Å². The number of carbonyl (C=O) groups is 1. The molecule has 0 fully saturated rings. The molecular weight excluding hydrogens is 328 g/mol. The first kappa shape index (κ1) is 16.8. The van der Waals surface area contributed by atoms with Crippen molar-refractivity contribution in [2.45, 2.75) is 58.0 Å². The van der Waals surface area contributed by atoms with E-state index >= 15 is 0 Å². The summed E-state index contributed by atoms with van der Waals surface area (Å²) in [4.78, 5) is 15.6. The molecule has 0 spiro atoms. The molecule has 0 aliphatic heterocycles. The molecule has 0 saturated heterocycles. The molecule has 3 aromatic rings. The van der Waals surface area contributed by atoms with E-state index in [1.807, 2.05) is 0 Å². The average molecular weight is 352 g/mol. The number of rotatable bonds is 6. The molecule has 7 heteroatoms. The summed E-state index contributed by atoms with van der Waals surface area (Å²) in [6, 6.07) is 6.47. The van der Waals surface area contributed by atoms with Crippen LogP contribution in [0.2, 0.25) is 0 Å². The predicted octanol–water partition coefficient (Wildman–Crippen LogP) is 2.52. The van der Waals surface area contributed by atoms with E-state index in [1.165, 1.54) is 41.4 Å². The molecule has 0 saturated carbocycles. The summed E-state index contributed by atoms with van der Waals surface area (Å²) in [6.45, 7) is 1.22. The Labute approximate surface area is 152 Å². The van der Waals surface area contributed by atoms with Crippen LogP contribution in [-0.2, 0) is 30.7 Å². The second kappa shape index (κ2) is 7.68. The summed E-state index contributed by atoms with van der Waals surface area (Å²) >= 11 is 0. The van der Waals surface area contributed by atoms with Gasteiger partial charge in [0.25, 0.3) is 0 Å². The Morgan fingerprint density at radius 3 is 3.04 bits per heavy atom. The summed E-state index contributed by atoms with van der Waals surface area (Å²) in [5, 5.41) is 15.3. The number of fused-ring (bicyclic) bond motifs is 3. The van der Waals surface area contributed by atoms with E-state index in [9.17, 15) is 4.79 Å². The van der Waals surface area contributed by atoms with E-state index in [0.29, 0.717) is 19.5 Å². The van der Waals surface area contributed by atoms with E-state index in [-0.39, 0.29) is 5.91 Å². The first-order valence-corrected chi connectivity index (χ1v) is 9.39. The van der Waals surface area contributed by atoms with Gasteiger partial charge in [-0.25, -0.2) is 4.68 Å². The van der Waals surface area contributed by atoms with Crippen LogP contribution in [0.25, 0.3) is 10.9 Å². The largest absolute Gasteiger partial charge is 0.358 e. The Bertz CT molecular complexity index is 883. The molecule has 1 aliphatic carbocycles. The fourth-order valence-electron chi connectivity index (χ4n) is 3.71. The van der Waals surface area contributed by atoms with Crippen LogP contribution in [0.3, 0.4) is 0 Å². The summed E-state index contributed by atoms with van der Waals surface area (Å²) in [6.07, 6.45) is 8.91. The van der Waals surface area contributed by atoms with Crippen LogP contribution in [0.15, 0.2) is 24.5 Å². The first-order valence-electron chi connectivity index (χ1n) is 9.39. The van der Waals surface area contributed by atoms with Crippen LogP contribution in [0.4, 0.5) is 0 Å². The molecule has 4 rings (SSSR count). The number of benzene rings is 1. The third-order valence-corrected chi connectivity index (χ3v) is 5.08. The Morgan fingerprint density at radius 2 is 2.15 bits per heavy atom. The highest BCUT2D eigenvalue weighted by molar-refractivity contribution is 5.85. The maximum Gasteiger partial charge on any atom is 0.220 e. The maximum atomic E-state index is 12.1.